The van der Waals surface area contributed by atoms with E-state index in [1.165, 1.54) is 6.20 Å². The van der Waals surface area contributed by atoms with Gasteiger partial charge in [-0.15, -0.1) is 0 Å². The molecule has 19 heavy (non-hydrogen) atoms. The number of aromatic nitrogens is 3. The van der Waals surface area contributed by atoms with Gasteiger partial charge in [0, 0.05) is 34.0 Å². The first-order chi connectivity index (χ1) is 8.90. The van der Waals surface area contributed by atoms with Gasteiger partial charge >= 0.3 is 0 Å². The highest BCUT2D eigenvalue weighted by Gasteiger charge is 2.17. The number of pyridine rings is 1. The van der Waals surface area contributed by atoms with Crippen LogP contribution in [0.2, 0.25) is 0 Å². The molecule has 2 aromatic rings. The molecule has 0 atom stereocenters. The average molecular weight is 365 g/mol. The summed E-state index contributed by atoms with van der Waals surface area (Å²) in [6.45, 7) is 2.36. The lowest BCUT2D eigenvalue weighted by molar-refractivity contribution is 0.606. The molecular weight excluding hydrogens is 354 g/mol. The highest BCUT2D eigenvalue weighted by Crippen LogP contribution is 2.16. The van der Waals surface area contributed by atoms with E-state index in [1.54, 1.807) is 10.8 Å². The molecule has 0 saturated carbocycles. The quantitative estimate of drug-likeness (QED) is 0.782. The fourth-order valence-electron chi connectivity index (χ4n) is 1.64. The van der Waals surface area contributed by atoms with Crippen LogP contribution in [0.25, 0.3) is 0 Å². The summed E-state index contributed by atoms with van der Waals surface area (Å²) in [7, 11) is 1.50. The van der Waals surface area contributed by atoms with E-state index >= 15 is 0 Å². The Labute approximate surface area is 124 Å². The van der Waals surface area contributed by atoms with E-state index in [0.717, 1.165) is 10.2 Å². The van der Waals surface area contributed by atoms with Gasteiger partial charge in [0.05, 0.1) is 12.2 Å². The first-order valence-electron chi connectivity index (χ1n) is 5.51. The molecule has 5 nitrogen and oxygen atoms in total. The third kappa shape index (κ3) is 3.55. The van der Waals surface area contributed by atoms with E-state index in [-0.39, 0.29) is 5.03 Å². The van der Waals surface area contributed by atoms with Gasteiger partial charge < -0.3 is 4.57 Å². The molecule has 0 spiro atoms. The van der Waals surface area contributed by atoms with Crippen molar-refractivity contribution in [2.75, 3.05) is 0 Å². The zero-order valence-electron chi connectivity index (χ0n) is 10.0. The Kier molecular flexibility index (Phi) is 4.27. The van der Waals surface area contributed by atoms with Gasteiger partial charge in [0.2, 0.25) is 0 Å². The minimum absolute atomic E-state index is 0.122. The molecule has 0 amide bonds. The molecule has 2 heterocycles. The van der Waals surface area contributed by atoms with Gasteiger partial charge in [0.15, 0.2) is 5.03 Å². The summed E-state index contributed by atoms with van der Waals surface area (Å²) in [5.41, 5.74) is 0.814. The second-order valence-electron chi connectivity index (χ2n) is 3.88. The van der Waals surface area contributed by atoms with Gasteiger partial charge in [-0.1, -0.05) is 6.92 Å². The minimum atomic E-state index is -3.80. The Morgan fingerprint density at radius 1 is 1.42 bits per heavy atom. The van der Waals surface area contributed by atoms with Crippen LogP contribution in [0.1, 0.15) is 18.4 Å². The molecule has 102 valence electrons. The van der Waals surface area contributed by atoms with E-state index in [2.05, 4.69) is 25.9 Å². The Bertz CT molecular complexity index is 682. The van der Waals surface area contributed by atoms with Crippen molar-refractivity contribution in [3.8, 4) is 0 Å². The van der Waals surface area contributed by atoms with Gasteiger partial charge in [-0.25, -0.2) is 13.4 Å². The van der Waals surface area contributed by atoms with Crippen molar-refractivity contribution in [2.45, 2.75) is 24.9 Å². The molecule has 0 aliphatic carbocycles. The minimum Gasteiger partial charge on any atom is -0.327 e. The van der Waals surface area contributed by atoms with Crippen LogP contribution in [-0.4, -0.2) is 23.0 Å². The first-order valence-corrected chi connectivity index (χ1v) is 8.61. The van der Waals surface area contributed by atoms with Crippen LogP contribution < -0.4 is 0 Å². The van der Waals surface area contributed by atoms with E-state index in [4.69, 9.17) is 10.7 Å². The van der Waals surface area contributed by atoms with Crippen LogP contribution >= 0.6 is 26.6 Å². The third-order valence-corrected chi connectivity index (χ3v) is 4.16. The summed E-state index contributed by atoms with van der Waals surface area (Å²) in [6.07, 6.45) is 3.74. The smallest absolute Gasteiger partial charge is 0.280 e. The average Bonchev–Trinajstić information content (AvgIpc) is 2.75. The number of aryl methyl sites for hydroxylation is 1. The molecule has 0 aliphatic heterocycles. The second kappa shape index (κ2) is 5.60. The topological polar surface area (TPSA) is 64.8 Å². The van der Waals surface area contributed by atoms with Gasteiger partial charge in [-0.2, -0.15) is 0 Å². The van der Waals surface area contributed by atoms with Crippen LogP contribution in [0.4, 0.5) is 0 Å². The lowest BCUT2D eigenvalue weighted by atomic mass is 10.3. The Morgan fingerprint density at radius 2 is 2.16 bits per heavy atom. The molecule has 0 aromatic carbocycles. The zero-order chi connectivity index (χ0) is 14.0. The normalized spacial score (nSPS) is 11.7. The summed E-state index contributed by atoms with van der Waals surface area (Å²) < 4.78 is 25.2. The summed E-state index contributed by atoms with van der Waals surface area (Å²) in [4.78, 5) is 8.26. The molecular formula is C11H11BrClN3O2S. The first kappa shape index (κ1) is 14.5. The van der Waals surface area contributed by atoms with Gasteiger partial charge in [0.25, 0.3) is 9.05 Å². The SMILES string of the molecule is CCc1nc(S(=O)(=O)Cl)cn1Cc1ccc(Br)cn1. The third-order valence-electron chi connectivity index (χ3n) is 2.52. The van der Waals surface area contributed by atoms with Crippen LogP contribution in [-0.2, 0) is 22.0 Å². The molecule has 0 N–H and O–H groups in total. The molecule has 8 heteroatoms. The van der Waals surface area contributed by atoms with Crippen LogP contribution in [0, 0.1) is 0 Å². The van der Waals surface area contributed by atoms with Crippen LogP contribution in [0.5, 0.6) is 0 Å². The number of rotatable bonds is 4. The molecule has 0 bridgehead atoms. The second-order valence-corrected chi connectivity index (χ2v) is 7.31. The standard InChI is InChI=1S/C11H11BrClN3O2S/c1-2-10-15-11(19(13,17)18)7-16(10)6-9-4-3-8(12)5-14-9/h3-5,7H,2,6H2,1H3. The van der Waals surface area contributed by atoms with E-state index in [9.17, 15) is 8.42 Å². The maximum absolute atomic E-state index is 11.3. The predicted octanol–water partition coefficient (Wildman–Crippen LogP) is 2.58. The van der Waals surface area contributed by atoms with Crippen LogP contribution in [0.3, 0.4) is 0 Å². The van der Waals surface area contributed by atoms with Gasteiger partial charge in [-0.05, 0) is 28.1 Å². The van der Waals surface area contributed by atoms with E-state index in [1.807, 2.05) is 19.1 Å². The maximum Gasteiger partial charge on any atom is 0.280 e. The number of nitrogens with zero attached hydrogens (tertiary/aromatic N) is 3. The number of hydrogen-bond acceptors (Lipinski definition) is 4. The van der Waals surface area contributed by atoms with Crippen molar-refractivity contribution >= 4 is 35.7 Å². The molecule has 0 saturated heterocycles. The van der Waals surface area contributed by atoms with Crippen LogP contribution in [0.15, 0.2) is 34.0 Å². The molecule has 0 radical (unpaired) electrons. The van der Waals surface area contributed by atoms with Crippen molar-refractivity contribution in [2.24, 2.45) is 0 Å². The fourth-order valence-corrected chi connectivity index (χ4v) is 2.56. The molecule has 2 rings (SSSR count). The van der Waals surface area contributed by atoms with E-state index < -0.39 is 9.05 Å². The monoisotopic (exact) mass is 363 g/mol. The maximum atomic E-state index is 11.3. The summed E-state index contributed by atoms with van der Waals surface area (Å²) >= 11 is 3.31. The molecule has 2 aromatic heterocycles. The Balaban J connectivity index is 2.34. The van der Waals surface area contributed by atoms with E-state index in [0.29, 0.717) is 18.8 Å². The highest BCUT2D eigenvalue weighted by molar-refractivity contribution is 9.10. The molecule has 0 aliphatic rings. The van der Waals surface area contributed by atoms with Gasteiger partial charge in [-0.3, -0.25) is 4.98 Å². The number of hydrogen-bond donors (Lipinski definition) is 0. The lowest BCUT2D eigenvalue weighted by Gasteiger charge is -2.05. The Morgan fingerprint density at radius 3 is 2.68 bits per heavy atom. The van der Waals surface area contributed by atoms with Crippen molar-refractivity contribution < 1.29 is 8.42 Å². The van der Waals surface area contributed by atoms with Crippen molar-refractivity contribution in [1.82, 2.24) is 14.5 Å². The number of imidazole rings is 1. The van der Waals surface area contributed by atoms with Crippen molar-refractivity contribution in [1.29, 1.82) is 0 Å². The highest BCUT2D eigenvalue weighted by atomic mass is 79.9. The molecule has 0 fully saturated rings. The predicted molar refractivity (Wildman–Crippen MR) is 75.7 cm³/mol. The Hall–Kier alpha value is -0.920. The largest absolute Gasteiger partial charge is 0.327 e. The number of halogens is 2. The summed E-state index contributed by atoms with van der Waals surface area (Å²) in [6, 6.07) is 3.74. The summed E-state index contributed by atoms with van der Waals surface area (Å²) in [5.74, 6) is 0.656. The van der Waals surface area contributed by atoms with Crippen molar-refractivity contribution in [3.05, 3.63) is 40.5 Å². The summed E-state index contributed by atoms with van der Waals surface area (Å²) in [5, 5.41) is -0.122. The lowest BCUT2D eigenvalue weighted by Crippen LogP contribution is -2.04. The van der Waals surface area contributed by atoms with Gasteiger partial charge in [0.1, 0.15) is 5.82 Å². The van der Waals surface area contributed by atoms with Crippen molar-refractivity contribution in [3.63, 3.8) is 0 Å². The zero-order valence-corrected chi connectivity index (χ0v) is 13.2. The fraction of sp³-hybridized carbons (Fsp3) is 0.273. The molecule has 0 unspecified atom stereocenters.